The first kappa shape index (κ1) is 20.6. The second-order valence-electron chi connectivity index (χ2n) is 6.92. The fourth-order valence-corrected chi connectivity index (χ4v) is 4.32. The molecule has 5 nitrogen and oxygen atoms in total. The van der Waals surface area contributed by atoms with Crippen LogP contribution in [0.25, 0.3) is 21.3 Å². The van der Waals surface area contributed by atoms with E-state index in [2.05, 4.69) is 10.3 Å². The van der Waals surface area contributed by atoms with Gasteiger partial charge in [0, 0.05) is 26.7 Å². The highest BCUT2D eigenvalue weighted by Gasteiger charge is 2.20. The molecule has 0 saturated heterocycles. The highest BCUT2D eigenvalue weighted by molar-refractivity contribution is 7.17. The Hall–Kier alpha value is -2.67. The van der Waals surface area contributed by atoms with Gasteiger partial charge in [-0.15, -0.1) is 11.3 Å². The number of anilines is 1. The standard InChI is InChI=1S/C22H17Cl2N3O2S/c1-12-3-8-16(9-18(12)24)26-20(28)13(2)27-11-25-21-19(22(27)29)17(10-30-21)14-4-6-15(23)7-5-14/h3-11,13H,1-2H3,(H,26,28). The number of halogens is 2. The summed E-state index contributed by atoms with van der Waals surface area (Å²) in [5, 5.41) is 6.37. The van der Waals surface area contributed by atoms with Crippen molar-refractivity contribution < 1.29 is 4.79 Å². The summed E-state index contributed by atoms with van der Waals surface area (Å²) >= 11 is 13.5. The Labute approximate surface area is 186 Å². The van der Waals surface area contributed by atoms with Crippen molar-refractivity contribution in [1.82, 2.24) is 9.55 Å². The molecule has 1 atom stereocenters. The number of thiophene rings is 1. The lowest BCUT2D eigenvalue weighted by atomic mass is 10.1. The molecule has 2 heterocycles. The van der Waals surface area contributed by atoms with E-state index >= 15 is 0 Å². The maximum absolute atomic E-state index is 13.3. The number of hydrogen-bond donors (Lipinski definition) is 1. The normalized spacial score (nSPS) is 12.1. The predicted molar refractivity (Wildman–Crippen MR) is 124 cm³/mol. The smallest absolute Gasteiger partial charge is 0.263 e. The molecule has 0 aliphatic rings. The van der Waals surface area contributed by atoms with Crippen LogP contribution in [0.5, 0.6) is 0 Å². The average molecular weight is 458 g/mol. The molecule has 0 fully saturated rings. The first-order valence-corrected chi connectivity index (χ1v) is 10.8. The number of rotatable bonds is 4. The Morgan fingerprint density at radius 3 is 2.60 bits per heavy atom. The number of carbonyl (C=O) groups is 1. The van der Waals surface area contributed by atoms with Gasteiger partial charge in [-0.05, 0) is 49.2 Å². The minimum Gasteiger partial charge on any atom is -0.324 e. The van der Waals surface area contributed by atoms with Crippen molar-refractivity contribution in [3.05, 3.63) is 80.1 Å². The zero-order valence-electron chi connectivity index (χ0n) is 16.1. The van der Waals surface area contributed by atoms with E-state index < -0.39 is 6.04 Å². The van der Waals surface area contributed by atoms with Crippen LogP contribution in [0.1, 0.15) is 18.5 Å². The fourth-order valence-electron chi connectivity index (χ4n) is 3.11. The molecule has 4 rings (SSSR count). The largest absolute Gasteiger partial charge is 0.324 e. The van der Waals surface area contributed by atoms with Crippen LogP contribution >= 0.6 is 34.5 Å². The van der Waals surface area contributed by atoms with Crippen LogP contribution in [0.4, 0.5) is 5.69 Å². The minimum absolute atomic E-state index is 0.268. The Morgan fingerprint density at radius 2 is 1.90 bits per heavy atom. The summed E-state index contributed by atoms with van der Waals surface area (Å²) in [7, 11) is 0. The van der Waals surface area contributed by atoms with Gasteiger partial charge in [-0.25, -0.2) is 4.98 Å². The van der Waals surface area contributed by atoms with E-state index in [1.807, 2.05) is 30.5 Å². The SMILES string of the molecule is Cc1ccc(NC(=O)C(C)n2cnc3scc(-c4ccc(Cl)cc4)c3c2=O)cc1Cl. The van der Waals surface area contributed by atoms with Gasteiger partial charge in [-0.1, -0.05) is 41.4 Å². The number of aromatic nitrogens is 2. The van der Waals surface area contributed by atoms with Crippen molar-refractivity contribution in [3.8, 4) is 11.1 Å². The number of aryl methyl sites for hydroxylation is 1. The number of amides is 1. The van der Waals surface area contributed by atoms with E-state index in [9.17, 15) is 9.59 Å². The van der Waals surface area contributed by atoms with Crippen LogP contribution in [0.3, 0.4) is 0 Å². The van der Waals surface area contributed by atoms with Gasteiger partial charge < -0.3 is 5.32 Å². The van der Waals surface area contributed by atoms with Crippen molar-refractivity contribution in [2.45, 2.75) is 19.9 Å². The quantitative estimate of drug-likeness (QED) is 0.412. The second-order valence-corrected chi connectivity index (χ2v) is 8.62. The van der Waals surface area contributed by atoms with Crippen LogP contribution in [0.15, 0.2) is 59.0 Å². The van der Waals surface area contributed by atoms with Gasteiger partial charge in [0.25, 0.3) is 5.56 Å². The van der Waals surface area contributed by atoms with E-state index in [4.69, 9.17) is 23.2 Å². The summed E-state index contributed by atoms with van der Waals surface area (Å²) in [5.41, 5.74) is 2.86. The molecule has 0 spiro atoms. The fraction of sp³-hybridized carbons (Fsp3) is 0.136. The molecule has 30 heavy (non-hydrogen) atoms. The molecule has 0 aliphatic carbocycles. The third-order valence-corrected chi connectivity index (χ3v) is 6.46. The molecule has 0 aliphatic heterocycles. The number of hydrogen-bond acceptors (Lipinski definition) is 4. The number of nitrogens with zero attached hydrogens (tertiary/aromatic N) is 2. The topological polar surface area (TPSA) is 64.0 Å². The van der Waals surface area contributed by atoms with Gasteiger partial charge in [0.05, 0.1) is 11.7 Å². The third kappa shape index (κ3) is 3.86. The maximum Gasteiger partial charge on any atom is 0.263 e. The summed E-state index contributed by atoms with van der Waals surface area (Å²) in [6.07, 6.45) is 1.42. The molecule has 2 aromatic carbocycles. The summed E-state index contributed by atoms with van der Waals surface area (Å²) in [6.45, 7) is 3.55. The number of fused-ring (bicyclic) bond motifs is 1. The van der Waals surface area contributed by atoms with Gasteiger partial charge in [0.2, 0.25) is 5.91 Å². The van der Waals surface area contributed by atoms with Crippen LogP contribution < -0.4 is 10.9 Å². The zero-order valence-corrected chi connectivity index (χ0v) is 18.5. The molecule has 0 radical (unpaired) electrons. The van der Waals surface area contributed by atoms with E-state index in [1.165, 1.54) is 22.2 Å². The lowest BCUT2D eigenvalue weighted by molar-refractivity contribution is -0.118. The van der Waals surface area contributed by atoms with Crippen LogP contribution in [-0.4, -0.2) is 15.5 Å². The molecule has 2 aromatic heterocycles. The number of nitrogens with one attached hydrogen (secondary N) is 1. The summed E-state index contributed by atoms with van der Waals surface area (Å²) in [6, 6.07) is 11.8. The zero-order chi connectivity index (χ0) is 21.4. The highest BCUT2D eigenvalue weighted by atomic mass is 35.5. The van der Waals surface area contributed by atoms with Gasteiger partial charge in [0.15, 0.2) is 0 Å². The van der Waals surface area contributed by atoms with Crippen LogP contribution in [0.2, 0.25) is 10.0 Å². The van der Waals surface area contributed by atoms with Crippen molar-refractivity contribution in [1.29, 1.82) is 0 Å². The van der Waals surface area contributed by atoms with Crippen molar-refractivity contribution in [3.63, 3.8) is 0 Å². The van der Waals surface area contributed by atoms with Gasteiger partial charge in [-0.3, -0.25) is 14.2 Å². The summed E-state index contributed by atoms with van der Waals surface area (Å²) < 4.78 is 1.35. The van der Waals surface area contributed by atoms with E-state index in [0.717, 1.165) is 16.7 Å². The molecule has 1 amide bonds. The molecular weight excluding hydrogens is 441 g/mol. The summed E-state index contributed by atoms with van der Waals surface area (Å²) in [5.74, 6) is -0.332. The first-order valence-electron chi connectivity index (χ1n) is 9.16. The van der Waals surface area contributed by atoms with Crippen molar-refractivity contribution >= 4 is 56.3 Å². The molecule has 8 heteroatoms. The van der Waals surface area contributed by atoms with Crippen LogP contribution in [0, 0.1) is 6.92 Å². The van der Waals surface area contributed by atoms with Gasteiger partial charge >= 0.3 is 0 Å². The molecule has 1 N–H and O–H groups in total. The monoisotopic (exact) mass is 457 g/mol. The van der Waals surface area contributed by atoms with Crippen molar-refractivity contribution in [2.75, 3.05) is 5.32 Å². The Balaban J connectivity index is 1.69. The first-order chi connectivity index (χ1) is 14.3. The van der Waals surface area contributed by atoms with Gasteiger partial charge in [-0.2, -0.15) is 0 Å². The minimum atomic E-state index is -0.757. The van der Waals surface area contributed by atoms with E-state index in [0.29, 0.717) is 25.9 Å². The third-order valence-electron chi connectivity index (χ3n) is 4.91. The molecule has 4 aromatic rings. The molecule has 0 bridgehead atoms. The molecular formula is C22H17Cl2N3O2S. The Kier molecular flexibility index (Phi) is 5.64. The van der Waals surface area contributed by atoms with E-state index in [-0.39, 0.29) is 11.5 Å². The molecule has 1 unspecified atom stereocenters. The molecule has 0 saturated carbocycles. The Bertz CT molecular complexity index is 1310. The number of carbonyl (C=O) groups excluding carboxylic acids is 1. The lowest BCUT2D eigenvalue weighted by Crippen LogP contribution is -2.31. The highest BCUT2D eigenvalue weighted by Crippen LogP contribution is 2.31. The summed E-state index contributed by atoms with van der Waals surface area (Å²) in [4.78, 5) is 31.0. The Morgan fingerprint density at radius 1 is 1.17 bits per heavy atom. The predicted octanol–water partition coefficient (Wildman–Crippen LogP) is 5.94. The lowest BCUT2D eigenvalue weighted by Gasteiger charge is -2.15. The van der Waals surface area contributed by atoms with Crippen LogP contribution in [-0.2, 0) is 4.79 Å². The molecule has 152 valence electrons. The average Bonchev–Trinajstić information content (AvgIpc) is 3.16. The maximum atomic E-state index is 13.3. The second kappa shape index (κ2) is 8.22. The van der Waals surface area contributed by atoms with Crippen molar-refractivity contribution in [2.24, 2.45) is 0 Å². The van der Waals surface area contributed by atoms with Gasteiger partial charge in [0.1, 0.15) is 10.9 Å². The van der Waals surface area contributed by atoms with E-state index in [1.54, 1.807) is 31.2 Å². The number of benzene rings is 2.